The van der Waals surface area contributed by atoms with Crippen LogP contribution in [0.1, 0.15) is 25.7 Å². The minimum atomic E-state index is -0.124. The minimum absolute atomic E-state index is 0.124. The van der Waals surface area contributed by atoms with Crippen LogP contribution in [-0.4, -0.2) is 22.7 Å². The van der Waals surface area contributed by atoms with Gasteiger partial charge in [-0.25, -0.2) is 10.8 Å². The zero-order valence-corrected chi connectivity index (χ0v) is 9.89. The van der Waals surface area contributed by atoms with Crippen molar-refractivity contribution in [3.63, 3.8) is 0 Å². The Labute approximate surface area is 101 Å². The fourth-order valence-electron chi connectivity index (χ4n) is 2.31. The third-order valence-corrected chi connectivity index (χ3v) is 3.22. The SMILES string of the molecule is NNc1cccc(NCC2CCCC(O)C2)n1. The van der Waals surface area contributed by atoms with Crippen molar-refractivity contribution in [2.24, 2.45) is 11.8 Å². The minimum Gasteiger partial charge on any atom is -0.393 e. The van der Waals surface area contributed by atoms with Gasteiger partial charge >= 0.3 is 0 Å². The van der Waals surface area contributed by atoms with Crippen molar-refractivity contribution in [2.45, 2.75) is 31.8 Å². The molecule has 0 spiro atoms. The summed E-state index contributed by atoms with van der Waals surface area (Å²) < 4.78 is 0. The first kappa shape index (κ1) is 12.1. The molecule has 0 aromatic carbocycles. The number of hydrazine groups is 1. The smallest absolute Gasteiger partial charge is 0.142 e. The predicted molar refractivity (Wildman–Crippen MR) is 68.5 cm³/mol. The summed E-state index contributed by atoms with van der Waals surface area (Å²) >= 11 is 0. The highest BCUT2D eigenvalue weighted by atomic mass is 16.3. The van der Waals surface area contributed by atoms with E-state index in [1.54, 1.807) is 0 Å². The summed E-state index contributed by atoms with van der Waals surface area (Å²) in [4.78, 5) is 4.28. The fraction of sp³-hybridized carbons (Fsp3) is 0.583. The molecule has 1 fully saturated rings. The summed E-state index contributed by atoms with van der Waals surface area (Å²) in [6.45, 7) is 0.859. The number of anilines is 2. The first-order chi connectivity index (χ1) is 8.28. The standard InChI is InChI=1S/C12H20N4O/c13-16-12-6-2-5-11(15-12)14-8-9-3-1-4-10(17)7-9/h2,5-6,9-10,17H,1,3-4,7-8,13H2,(H2,14,15,16). The molecule has 0 saturated heterocycles. The summed E-state index contributed by atoms with van der Waals surface area (Å²) in [7, 11) is 0. The van der Waals surface area contributed by atoms with Crippen LogP contribution in [0.4, 0.5) is 11.6 Å². The second-order valence-corrected chi connectivity index (χ2v) is 4.62. The highest BCUT2D eigenvalue weighted by Gasteiger charge is 2.19. The first-order valence-corrected chi connectivity index (χ1v) is 6.13. The average molecular weight is 236 g/mol. The van der Waals surface area contributed by atoms with Gasteiger partial charge in [0.1, 0.15) is 11.6 Å². The van der Waals surface area contributed by atoms with E-state index < -0.39 is 0 Å². The van der Waals surface area contributed by atoms with Crippen molar-refractivity contribution in [1.82, 2.24) is 4.98 Å². The quantitative estimate of drug-likeness (QED) is 0.468. The van der Waals surface area contributed by atoms with Gasteiger partial charge in [-0.1, -0.05) is 12.5 Å². The molecular weight excluding hydrogens is 216 g/mol. The van der Waals surface area contributed by atoms with Crippen molar-refractivity contribution in [2.75, 3.05) is 17.3 Å². The van der Waals surface area contributed by atoms with Crippen LogP contribution in [0.25, 0.3) is 0 Å². The summed E-state index contributed by atoms with van der Waals surface area (Å²) in [5, 5.41) is 12.9. The molecule has 1 aromatic rings. The highest BCUT2D eigenvalue weighted by Crippen LogP contribution is 2.24. The monoisotopic (exact) mass is 236 g/mol. The van der Waals surface area contributed by atoms with E-state index >= 15 is 0 Å². The molecule has 1 saturated carbocycles. The lowest BCUT2D eigenvalue weighted by Gasteiger charge is -2.26. The Morgan fingerprint density at radius 3 is 2.94 bits per heavy atom. The van der Waals surface area contributed by atoms with Gasteiger partial charge in [0.05, 0.1) is 6.10 Å². The van der Waals surface area contributed by atoms with Crippen LogP contribution in [0.5, 0.6) is 0 Å². The predicted octanol–water partition coefficient (Wildman–Crippen LogP) is 1.33. The number of nitrogens with zero attached hydrogens (tertiary/aromatic N) is 1. The van der Waals surface area contributed by atoms with Gasteiger partial charge in [-0.2, -0.15) is 0 Å². The van der Waals surface area contributed by atoms with Crippen LogP contribution in [0.3, 0.4) is 0 Å². The molecule has 0 amide bonds. The third kappa shape index (κ3) is 3.57. The van der Waals surface area contributed by atoms with Crippen molar-refractivity contribution in [1.29, 1.82) is 0 Å². The van der Waals surface area contributed by atoms with Gasteiger partial charge < -0.3 is 15.8 Å². The molecule has 1 aliphatic carbocycles. The number of hydrogen-bond acceptors (Lipinski definition) is 5. The van der Waals surface area contributed by atoms with Crippen molar-refractivity contribution >= 4 is 11.6 Å². The molecule has 0 aliphatic heterocycles. The summed E-state index contributed by atoms with van der Waals surface area (Å²) in [5.41, 5.74) is 2.52. The largest absolute Gasteiger partial charge is 0.393 e. The molecule has 5 nitrogen and oxygen atoms in total. The third-order valence-electron chi connectivity index (χ3n) is 3.22. The molecule has 2 rings (SSSR count). The van der Waals surface area contributed by atoms with Gasteiger partial charge in [0, 0.05) is 6.54 Å². The molecule has 5 heteroatoms. The summed E-state index contributed by atoms with van der Waals surface area (Å²) in [5.74, 6) is 7.31. The van der Waals surface area contributed by atoms with Gasteiger partial charge in [0.25, 0.3) is 0 Å². The van der Waals surface area contributed by atoms with Gasteiger partial charge in [-0.15, -0.1) is 0 Å². The number of pyridine rings is 1. The molecule has 1 heterocycles. The van der Waals surface area contributed by atoms with E-state index in [0.29, 0.717) is 11.7 Å². The number of aliphatic hydroxyl groups excluding tert-OH is 1. The van der Waals surface area contributed by atoms with Gasteiger partial charge in [0.15, 0.2) is 0 Å². The number of aliphatic hydroxyl groups is 1. The number of hydrogen-bond donors (Lipinski definition) is 4. The Morgan fingerprint density at radius 1 is 1.35 bits per heavy atom. The lowest BCUT2D eigenvalue weighted by atomic mass is 9.87. The summed E-state index contributed by atoms with van der Waals surface area (Å²) in [6, 6.07) is 5.63. The lowest BCUT2D eigenvalue weighted by Crippen LogP contribution is -2.25. The fourth-order valence-corrected chi connectivity index (χ4v) is 2.31. The van der Waals surface area contributed by atoms with Crippen LogP contribution in [0, 0.1) is 5.92 Å². The molecule has 1 aliphatic rings. The van der Waals surface area contributed by atoms with Crippen LogP contribution >= 0.6 is 0 Å². The Kier molecular flexibility index (Phi) is 4.17. The van der Waals surface area contributed by atoms with E-state index in [1.807, 2.05) is 18.2 Å². The van der Waals surface area contributed by atoms with E-state index in [4.69, 9.17) is 5.84 Å². The Bertz CT molecular complexity index is 358. The van der Waals surface area contributed by atoms with E-state index in [0.717, 1.165) is 31.6 Å². The zero-order valence-electron chi connectivity index (χ0n) is 9.89. The maximum atomic E-state index is 9.59. The molecule has 2 atom stereocenters. The maximum Gasteiger partial charge on any atom is 0.142 e. The molecular formula is C12H20N4O. The van der Waals surface area contributed by atoms with Crippen LogP contribution < -0.4 is 16.6 Å². The number of aromatic nitrogens is 1. The maximum absolute atomic E-state index is 9.59. The topological polar surface area (TPSA) is 83.2 Å². The number of nitrogen functional groups attached to an aromatic ring is 1. The molecule has 0 radical (unpaired) electrons. The van der Waals surface area contributed by atoms with Crippen molar-refractivity contribution in [3.8, 4) is 0 Å². The lowest BCUT2D eigenvalue weighted by molar-refractivity contribution is 0.104. The molecule has 0 bridgehead atoms. The van der Waals surface area contributed by atoms with Crippen molar-refractivity contribution in [3.05, 3.63) is 18.2 Å². The van der Waals surface area contributed by atoms with Gasteiger partial charge in [-0.3, -0.25) is 0 Å². The molecule has 5 N–H and O–H groups in total. The molecule has 94 valence electrons. The van der Waals surface area contributed by atoms with E-state index in [2.05, 4.69) is 15.7 Å². The second-order valence-electron chi connectivity index (χ2n) is 4.62. The van der Waals surface area contributed by atoms with Crippen molar-refractivity contribution < 1.29 is 5.11 Å². The Hall–Kier alpha value is -1.33. The normalized spacial score (nSPS) is 24.4. The molecule has 17 heavy (non-hydrogen) atoms. The number of rotatable bonds is 4. The molecule has 2 unspecified atom stereocenters. The highest BCUT2D eigenvalue weighted by molar-refractivity contribution is 5.44. The van der Waals surface area contributed by atoms with E-state index in [9.17, 15) is 5.11 Å². The number of nitrogens with two attached hydrogens (primary N) is 1. The van der Waals surface area contributed by atoms with E-state index in [1.165, 1.54) is 6.42 Å². The van der Waals surface area contributed by atoms with Gasteiger partial charge in [-0.05, 0) is 37.3 Å². The Morgan fingerprint density at radius 2 is 2.18 bits per heavy atom. The second kappa shape index (κ2) is 5.84. The summed E-state index contributed by atoms with van der Waals surface area (Å²) in [6.07, 6.45) is 4.01. The van der Waals surface area contributed by atoms with Crippen LogP contribution in [0.15, 0.2) is 18.2 Å². The van der Waals surface area contributed by atoms with Crippen LogP contribution in [-0.2, 0) is 0 Å². The first-order valence-electron chi connectivity index (χ1n) is 6.13. The Balaban J connectivity index is 1.84. The zero-order chi connectivity index (χ0) is 12.1. The van der Waals surface area contributed by atoms with E-state index in [-0.39, 0.29) is 6.10 Å². The number of nitrogens with one attached hydrogen (secondary N) is 2. The van der Waals surface area contributed by atoms with Crippen LogP contribution in [0.2, 0.25) is 0 Å². The van der Waals surface area contributed by atoms with Gasteiger partial charge in [0.2, 0.25) is 0 Å². The molecule has 1 aromatic heterocycles. The average Bonchev–Trinajstić information content (AvgIpc) is 2.37.